The largest absolute Gasteiger partial charge is 0.460 e. The molecular weight excluding hydrogens is 248 g/mol. The summed E-state index contributed by atoms with van der Waals surface area (Å²) < 4.78 is 4.81. The van der Waals surface area contributed by atoms with Gasteiger partial charge in [0.2, 0.25) is 11.8 Å². The minimum Gasteiger partial charge on any atom is -0.460 e. The van der Waals surface area contributed by atoms with Gasteiger partial charge in [0.25, 0.3) is 0 Å². The van der Waals surface area contributed by atoms with Gasteiger partial charge in [-0.25, -0.2) is 4.79 Å². The molecule has 6 heteroatoms. The van der Waals surface area contributed by atoms with Gasteiger partial charge >= 0.3 is 5.97 Å². The number of hydrogen-bond acceptors (Lipinski definition) is 4. The summed E-state index contributed by atoms with van der Waals surface area (Å²) in [7, 11) is 0. The van der Waals surface area contributed by atoms with E-state index in [2.05, 4.69) is 17.2 Å². The normalized spacial score (nSPS) is 10.3. The van der Waals surface area contributed by atoms with Crippen molar-refractivity contribution in [2.24, 2.45) is 0 Å². The van der Waals surface area contributed by atoms with E-state index in [1.54, 1.807) is 20.8 Å². The molecule has 0 fully saturated rings. The van der Waals surface area contributed by atoms with E-state index in [0.717, 1.165) is 12.2 Å². The number of ether oxygens (including phenoxy) is 1. The minimum atomic E-state index is -0.569. The molecule has 0 rings (SSSR count). The fourth-order valence-electron chi connectivity index (χ4n) is 0.987. The second-order valence-corrected chi connectivity index (χ2v) is 4.15. The van der Waals surface area contributed by atoms with Crippen LogP contribution < -0.4 is 10.6 Å². The maximum absolute atomic E-state index is 11.3. The van der Waals surface area contributed by atoms with Gasteiger partial charge in [-0.3, -0.25) is 9.59 Å². The van der Waals surface area contributed by atoms with Crippen LogP contribution in [0.15, 0.2) is 24.3 Å². The van der Waals surface area contributed by atoms with Gasteiger partial charge in [-0.1, -0.05) is 6.58 Å². The van der Waals surface area contributed by atoms with Gasteiger partial charge < -0.3 is 15.4 Å². The molecule has 6 nitrogen and oxygen atoms in total. The highest BCUT2D eigenvalue weighted by molar-refractivity contribution is 5.94. The van der Waals surface area contributed by atoms with Gasteiger partial charge in [0, 0.05) is 30.8 Å². The lowest BCUT2D eigenvalue weighted by Crippen LogP contribution is -2.34. The molecule has 0 unspecified atom stereocenters. The average molecular weight is 268 g/mol. The van der Waals surface area contributed by atoms with Crippen molar-refractivity contribution in [2.45, 2.75) is 26.9 Å². The molecule has 0 bridgehead atoms. The van der Waals surface area contributed by atoms with Crippen molar-refractivity contribution in [3.63, 3.8) is 0 Å². The molecule has 0 spiro atoms. The van der Waals surface area contributed by atoms with Crippen molar-refractivity contribution in [1.82, 2.24) is 10.6 Å². The molecule has 0 aliphatic rings. The molecule has 0 aromatic carbocycles. The molecule has 0 radical (unpaired) electrons. The molecule has 0 saturated heterocycles. The Morgan fingerprint density at radius 3 is 2.26 bits per heavy atom. The van der Waals surface area contributed by atoms with Gasteiger partial charge in [-0.05, 0) is 20.8 Å². The predicted octanol–water partition coefficient (Wildman–Crippen LogP) is 0.303. The zero-order valence-electron chi connectivity index (χ0n) is 11.5. The van der Waals surface area contributed by atoms with E-state index in [-0.39, 0.29) is 18.6 Å². The maximum Gasteiger partial charge on any atom is 0.331 e. The predicted molar refractivity (Wildman–Crippen MR) is 71.2 cm³/mol. The molecule has 19 heavy (non-hydrogen) atoms. The Balaban J connectivity index is 3.82. The zero-order valence-corrected chi connectivity index (χ0v) is 11.5. The first-order chi connectivity index (χ1) is 8.82. The van der Waals surface area contributed by atoms with Crippen molar-refractivity contribution in [1.29, 1.82) is 0 Å². The molecule has 0 heterocycles. The van der Waals surface area contributed by atoms with Gasteiger partial charge in [-0.15, -0.1) is 0 Å². The van der Waals surface area contributed by atoms with Crippen LogP contribution in [0.25, 0.3) is 0 Å². The Hall–Kier alpha value is -2.11. The summed E-state index contributed by atoms with van der Waals surface area (Å²) in [5.74, 6) is -1.25. The number of carbonyl (C=O) groups excluding carboxylic acids is 3. The summed E-state index contributed by atoms with van der Waals surface area (Å²) >= 11 is 0. The third kappa shape index (κ3) is 9.58. The fraction of sp³-hybridized carbons (Fsp3) is 0.462. The Labute approximate surface area is 112 Å². The summed E-state index contributed by atoms with van der Waals surface area (Å²) in [4.78, 5) is 33.5. The average Bonchev–Trinajstić information content (AvgIpc) is 2.30. The van der Waals surface area contributed by atoms with Crippen LogP contribution in [0.4, 0.5) is 0 Å². The van der Waals surface area contributed by atoms with Crippen LogP contribution >= 0.6 is 0 Å². The van der Waals surface area contributed by atoms with Crippen LogP contribution in [0, 0.1) is 0 Å². The van der Waals surface area contributed by atoms with Gasteiger partial charge in [-0.2, -0.15) is 0 Å². The third-order valence-corrected chi connectivity index (χ3v) is 1.82. The fourth-order valence-corrected chi connectivity index (χ4v) is 0.987. The van der Waals surface area contributed by atoms with E-state index in [0.29, 0.717) is 12.1 Å². The smallest absolute Gasteiger partial charge is 0.331 e. The first-order valence-corrected chi connectivity index (χ1v) is 5.93. The first-order valence-electron chi connectivity index (χ1n) is 5.93. The molecule has 2 amide bonds. The van der Waals surface area contributed by atoms with Crippen molar-refractivity contribution < 1.29 is 19.1 Å². The number of amides is 2. The SMILES string of the molecule is C=C(C)C(=O)NCCNC(=O)/C=C/C(=O)OC(C)C. The lowest BCUT2D eigenvalue weighted by molar-refractivity contribution is -0.141. The number of hydrogen-bond donors (Lipinski definition) is 2. The Kier molecular flexibility index (Phi) is 7.92. The van der Waals surface area contributed by atoms with Crippen LogP contribution in [0.2, 0.25) is 0 Å². The maximum atomic E-state index is 11.3. The second-order valence-electron chi connectivity index (χ2n) is 4.15. The van der Waals surface area contributed by atoms with E-state index in [1.807, 2.05) is 0 Å². The Bertz CT molecular complexity index is 386. The third-order valence-electron chi connectivity index (χ3n) is 1.82. The summed E-state index contributed by atoms with van der Waals surface area (Å²) in [5, 5.41) is 5.07. The monoisotopic (exact) mass is 268 g/mol. The summed E-state index contributed by atoms with van der Waals surface area (Å²) in [6, 6.07) is 0. The van der Waals surface area contributed by atoms with Gasteiger partial charge in [0.15, 0.2) is 0 Å². The molecule has 0 aliphatic carbocycles. The lowest BCUT2D eigenvalue weighted by Gasteiger charge is -2.05. The summed E-state index contributed by atoms with van der Waals surface area (Å²) in [5.41, 5.74) is 0.405. The van der Waals surface area contributed by atoms with Crippen LogP contribution in [-0.4, -0.2) is 37.0 Å². The van der Waals surface area contributed by atoms with Crippen LogP contribution in [-0.2, 0) is 19.1 Å². The number of carbonyl (C=O) groups is 3. The first kappa shape index (κ1) is 16.9. The topological polar surface area (TPSA) is 84.5 Å². The molecule has 106 valence electrons. The van der Waals surface area contributed by atoms with Crippen molar-refractivity contribution in [2.75, 3.05) is 13.1 Å². The highest BCUT2D eigenvalue weighted by Gasteiger charge is 2.02. The summed E-state index contributed by atoms with van der Waals surface area (Å²) in [6.07, 6.45) is 1.92. The van der Waals surface area contributed by atoms with Crippen LogP contribution in [0.1, 0.15) is 20.8 Å². The molecule has 0 aromatic rings. The van der Waals surface area contributed by atoms with Crippen LogP contribution in [0.3, 0.4) is 0 Å². The quantitative estimate of drug-likeness (QED) is 0.395. The minimum absolute atomic E-state index is 0.224. The Morgan fingerprint density at radius 2 is 1.74 bits per heavy atom. The molecule has 0 saturated carbocycles. The molecule has 0 atom stereocenters. The van der Waals surface area contributed by atoms with Crippen molar-refractivity contribution >= 4 is 17.8 Å². The van der Waals surface area contributed by atoms with Gasteiger partial charge in [0.1, 0.15) is 0 Å². The molecule has 0 aromatic heterocycles. The molecule has 0 aliphatic heterocycles. The van der Waals surface area contributed by atoms with E-state index >= 15 is 0 Å². The lowest BCUT2D eigenvalue weighted by atomic mass is 10.3. The molecule has 2 N–H and O–H groups in total. The number of rotatable bonds is 7. The Morgan fingerprint density at radius 1 is 1.16 bits per heavy atom. The van der Waals surface area contributed by atoms with Crippen molar-refractivity contribution in [3.05, 3.63) is 24.3 Å². The summed E-state index contributed by atoms with van der Waals surface area (Å²) in [6.45, 7) is 9.07. The van der Waals surface area contributed by atoms with Crippen molar-refractivity contribution in [3.8, 4) is 0 Å². The van der Waals surface area contributed by atoms with E-state index in [4.69, 9.17) is 4.74 Å². The van der Waals surface area contributed by atoms with E-state index < -0.39 is 11.9 Å². The van der Waals surface area contributed by atoms with E-state index in [1.165, 1.54) is 0 Å². The standard InChI is InChI=1S/C13H20N2O4/c1-9(2)13(18)15-8-7-14-11(16)5-6-12(17)19-10(3)4/h5-6,10H,1,7-8H2,2-4H3,(H,14,16)(H,15,18)/b6-5+. The van der Waals surface area contributed by atoms with Crippen LogP contribution in [0.5, 0.6) is 0 Å². The van der Waals surface area contributed by atoms with Gasteiger partial charge in [0.05, 0.1) is 6.10 Å². The highest BCUT2D eigenvalue weighted by atomic mass is 16.5. The number of nitrogens with one attached hydrogen (secondary N) is 2. The van der Waals surface area contributed by atoms with E-state index in [9.17, 15) is 14.4 Å². The molecular formula is C13H20N2O4. The number of esters is 1. The second kappa shape index (κ2) is 8.91. The highest BCUT2D eigenvalue weighted by Crippen LogP contribution is 1.90. The zero-order chi connectivity index (χ0) is 14.8.